The zero-order valence-corrected chi connectivity index (χ0v) is 16.4. The van der Waals surface area contributed by atoms with Crippen LogP contribution in [0.4, 0.5) is 13.2 Å². The second kappa shape index (κ2) is 8.14. The molecule has 0 N–H and O–H groups in total. The van der Waals surface area contributed by atoms with Crippen molar-refractivity contribution < 1.29 is 13.2 Å². The van der Waals surface area contributed by atoms with Crippen LogP contribution in [0.5, 0.6) is 0 Å². The molecule has 0 spiro atoms. The number of hydrogen-bond acceptors (Lipinski definition) is 0. The number of halogens is 3. The molecule has 0 aromatic heterocycles. The molecule has 2 aliphatic rings. The summed E-state index contributed by atoms with van der Waals surface area (Å²) in [7, 11) is 0. The van der Waals surface area contributed by atoms with Crippen molar-refractivity contribution in [3.05, 3.63) is 70.0 Å². The SMILES string of the molecule is CCCC1CCC(c2cc(F)c(C3=Cc4cccc(F)c4CC3)c(F)c2)CC1. The predicted octanol–water partition coefficient (Wildman–Crippen LogP) is 7.66. The van der Waals surface area contributed by atoms with Crippen LogP contribution >= 0.6 is 0 Å². The molecule has 0 radical (unpaired) electrons. The minimum absolute atomic E-state index is 0.0540. The van der Waals surface area contributed by atoms with Crippen molar-refractivity contribution in [2.75, 3.05) is 0 Å². The molecule has 0 nitrogen and oxygen atoms in total. The van der Waals surface area contributed by atoms with Gasteiger partial charge in [-0.05, 0) is 90.8 Å². The summed E-state index contributed by atoms with van der Waals surface area (Å²) in [6.07, 6.45) is 9.43. The van der Waals surface area contributed by atoms with Gasteiger partial charge in [-0.2, -0.15) is 0 Å². The molecule has 0 heterocycles. The summed E-state index contributed by atoms with van der Waals surface area (Å²) in [6, 6.07) is 7.94. The lowest BCUT2D eigenvalue weighted by Gasteiger charge is -2.29. The van der Waals surface area contributed by atoms with Gasteiger partial charge in [-0.1, -0.05) is 38.0 Å². The number of rotatable bonds is 4. The summed E-state index contributed by atoms with van der Waals surface area (Å²) in [5, 5.41) is 0. The maximum atomic E-state index is 14.9. The molecule has 4 rings (SSSR count). The lowest BCUT2D eigenvalue weighted by Crippen LogP contribution is -2.14. The smallest absolute Gasteiger partial charge is 0.133 e. The predicted molar refractivity (Wildman–Crippen MR) is 109 cm³/mol. The van der Waals surface area contributed by atoms with E-state index in [-0.39, 0.29) is 17.3 Å². The van der Waals surface area contributed by atoms with E-state index < -0.39 is 11.6 Å². The first-order valence-corrected chi connectivity index (χ1v) is 10.5. The van der Waals surface area contributed by atoms with E-state index in [1.54, 1.807) is 18.2 Å². The molecule has 2 aliphatic carbocycles. The zero-order chi connectivity index (χ0) is 19.7. The van der Waals surface area contributed by atoms with Crippen molar-refractivity contribution in [2.24, 2.45) is 5.92 Å². The molecule has 0 aliphatic heterocycles. The summed E-state index contributed by atoms with van der Waals surface area (Å²) < 4.78 is 43.8. The van der Waals surface area contributed by atoms with E-state index in [1.807, 2.05) is 0 Å². The Kier molecular flexibility index (Phi) is 5.61. The van der Waals surface area contributed by atoms with Crippen molar-refractivity contribution >= 4 is 11.6 Å². The first kappa shape index (κ1) is 19.3. The highest BCUT2D eigenvalue weighted by Crippen LogP contribution is 2.40. The Morgan fingerprint density at radius 1 is 0.893 bits per heavy atom. The molecule has 148 valence electrons. The lowest BCUT2D eigenvalue weighted by molar-refractivity contribution is 0.307. The second-order valence-electron chi connectivity index (χ2n) is 8.34. The van der Waals surface area contributed by atoms with Crippen molar-refractivity contribution in [3.63, 3.8) is 0 Å². The summed E-state index contributed by atoms with van der Waals surface area (Å²) in [6.45, 7) is 2.21. The first-order chi connectivity index (χ1) is 13.6. The van der Waals surface area contributed by atoms with Crippen molar-refractivity contribution in [3.8, 4) is 0 Å². The van der Waals surface area contributed by atoms with Crippen LogP contribution in [-0.4, -0.2) is 0 Å². The molecular weight excluding hydrogens is 357 g/mol. The molecule has 0 unspecified atom stereocenters. The van der Waals surface area contributed by atoms with E-state index in [9.17, 15) is 13.2 Å². The second-order valence-corrected chi connectivity index (χ2v) is 8.34. The first-order valence-electron chi connectivity index (χ1n) is 10.5. The Bertz CT molecular complexity index is 866. The van der Waals surface area contributed by atoms with Gasteiger partial charge in [0.2, 0.25) is 0 Å². The normalized spacial score (nSPS) is 21.9. The Labute approximate surface area is 165 Å². The van der Waals surface area contributed by atoms with Gasteiger partial charge in [-0.25, -0.2) is 13.2 Å². The molecule has 2 aromatic carbocycles. The van der Waals surface area contributed by atoms with Gasteiger partial charge < -0.3 is 0 Å². The van der Waals surface area contributed by atoms with Crippen molar-refractivity contribution in [1.82, 2.24) is 0 Å². The summed E-state index contributed by atoms with van der Waals surface area (Å²) in [5.74, 6) is -0.208. The van der Waals surface area contributed by atoms with Crippen LogP contribution < -0.4 is 0 Å². The highest BCUT2D eigenvalue weighted by molar-refractivity contribution is 5.85. The number of benzene rings is 2. The van der Waals surface area contributed by atoms with Gasteiger partial charge in [0.1, 0.15) is 17.5 Å². The molecule has 0 amide bonds. The van der Waals surface area contributed by atoms with E-state index in [0.29, 0.717) is 24.0 Å². The molecule has 0 saturated heterocycles. The lowest BCUT2D eigenvalue weighted by atomic mass is 9.77. The third kappa shape index (κ3) is 3.76. The fraction of sp³-hybridized carbons (Fsp3) is 0.440. The third-order valence-electron chi connectivity index (χ3n) is 6.53. The van der Waals surface area contributed by atoms with Crippen LogP contribution in [0.1, 0.15) is 80.0 Å². The number of hydrogen-bond donors (Lipinski definition) is 0. The van der Waals surface area contributed by atoms with Crippen LogP contribution in [0.15, 0.2) is 30.3 Å². The van der Waals surface area contributed by atoms with Gasteiger partial charge in [0.05, 0.1) is 0 Å². The molecule has 1 fully saturated rings. The third-order valence-corrected chi connectivity index (χ3v) is 6.53. The quantitative estimate of drug-likeness (QED) is 0.507. The van der Waals surface area contributed by atoms with Crippen LogP contribution in [-0.2, 0) is 6.42 Å². The van der Waals surface area contributed by atoms with Gasteiger partial charge in [-0.15, -0.1) is 0 Å². The zero-order valence-electron chi connectivity index (χ0n) is 16.4. The summed E-state index contributed by atoms with van der Waals surface area (Å²) >= 11 is 0. The monoisotopic (exact) mass is 384 g/mol. The Hall–Kier alpha value is -2.03. The Morgan fingerprint density at radius 3 is 2.29 bits per heavy atom. The van der Waals surface area contributed by atoms with Crippen LogP contribution in [0.2, 0.25) is 0 Å². The minimum atomic E-state index is -0.489. The Balaban J connectivity index is 1.59. The molecule has 3 heteroatoms. The highest BCUT2D eigenvalue weighted by atomic mass is 19.1. The molecular formula is C25H27F3. The highest BCUT2D eigenvalue weighted by Gasteiger charge is 2.25. The van der Waals surface area contributed by atoms with Crippen LogP contribution in [0, 0.1) is 23.4 Å². The number of fused-ring (bicyclic) bond motifs is 1. The fourth-order valence-electron chi connectivity index (χ4n) is 5.02. The van der Waals surface area contributed by atoms with Gasteiger partial charge >= 0.3 is 0 Å². The Morgan fingerprint density at radius 2 is 1.61 bits per heavy atom. The van der Waals surface area contributed by atoms with Crippen LogP contribution in [0.3, 0.4) is 0 Å². The van der Waals surface area contributed by atoms with Gasteiger partial charge in [-0.3, -0.25) is 0 Å². The van der Waals surface area contributed by atoms with E-state index in [0.717, 1.165) is 42.7 Å². The fourth-order valence-corrected chi connectivity index (χ4v) is 5.02. The average Bonchev–Trinajstić information content (AvgIpc) is 2.68. The molecule has 0 atom stereocenters. The van der Waals surface area contributed by atoms with E-state index in [1.165, 1.54) is 31.0 Å². The minimum Gasteiger partial charge on any atom is -0.207 e. The standard InChI is InChI=1S/C25H27F3/c1-2-4-16-7-9-17(10-8-16)20-14-23(27)25(24(28)15-20)19-11-12-21-18(13-19)5-3-6-22(21)26/h3,5-6,13-17H,2,4,7-12H2,1H3. The molecule has 0 bridgehead atoms. The van der Waals surface area contributed by atoms with Gasteiger partial charge in [0.15, 0.2) is 0 Å². The number of allylic oxidation sites excluding steroid dienone is 1. The topological polar surface area (TPSA) is 0 Å². The van der Waals surface area contributed by atoms with Gasteiger partial charge in [0.25, 0.3) is 0 Å². The van der Waals surface area contributed by atoms with E-state index in [2.05, 4.69) is 6.92 Å². The molecule has 1 saturated carbocycles. The molecule has 28 heavy (non-hydrogen) atoms. The van der Waals surface area contributed by atoms with Crippen LogP contribution in [0.25, 0.3) is 11.6 Å². The summed E-state index contributed by atoms with van der Waals surface area (Å²) in [5.41, 5.74) is 2.81. The van der Waals surface area contributed by atoms with Crippen molar-refractivity contribution in [2.45, 2.75) is 64.2 Å². The maximum Gasteiger partial charge on any atom is 0.133 e. The average molecular weight is 384 g/mol. The van der Waals surface area contributed by atoms with Crippen molar-refractivity contribution in [1.29, 1.82) is 0 Å². The van der Waals surface area contributed by atoms with Gasteiger partial charge in [0, 0.05) is 5.56 Å². The van der Waals surface area contributed by atoms with E-state index >= 15 is 0 Å². The largest absolute Gasteiger partial charge is 0.207 e. The maximum absolute atomic E-state index is 14.9. The van der Waals surface area contributed by atoms with E-state index in [4.69, 9.17) is 0 Å². The molecule has 2 aromatic rings. The summed E-state index contributed by atoms with van der Waals surface area (Å²) in [4.78, 5) is 0.